The van der Waals surface area contributed by atoms with Crippen LogP contribution in [0.25, 0.3) is 0 Å². The van der Waals surface area contributed by atoms with E-state index in [1.165, 1.54) is 0 Å². The van der Waals surface area contributed by atoms with Crippen LogP contribution in [0.2, 0.25) is 0 Å². The Morgan fingerprint density at radius 1 is 1.32 bits per heavy atom. The molecule has 0 aromatic heterocycles. The zero-order valence-corrected chi connectivity index (χ0v) is 12.6. The summed E-state index contributed by atoms with van der Waals surface area (Å²) in [6.07, 6.45) is 1.01. The zero-order valence-electron chi connectivity index (χ0n) is 11.0. The first kappa shape index (κ1) is 16.4. The van der Waals surface area contributed by atoms with E-state index in [1.807, 2.05) is 30.3 Å². The molecular formula is C13H21ClN2O2S. The van der Waals surface area contributed by atoms with E-state index in [0.29, 0.717) is 5.92 Å². The highest BCUT2D eigenvalue weighted by Gasteiger charge is 2.25. The van der Waals surface area contributed by atoms with Crippen LogP contribution in [-0.4, -0.2) is 27.5 Å². The van der Waals surface area contributed by atoms with Crippen molar-refractivity contribution in [3.05, 3.63) is 35.9 Å². The zero-order chi connectivity index (χ0) is 13.0. The molecule has 0 aliphatic carbocycles. The molecule has 1 heterocycles. The van der Waals surface area contributed by atoms with Crippen LogP contribution in [0.1, 0.15) is 18.9 Å². The number of sulfonamides is 1. The van der Waals surface area contributed by atoms with Crippen molar-refractivity contribution in [2.45, 2.75) is 25.1 Å². The molecule has 4 nitrogen and oxygen atoms in total. The number of hydrogen-bond donors (Lipinski definition) is 2. The van der Waals surface area contributed by atoms with Crippen LogP contribution in [0, 0.1) is 5.92 Å². The summed E-state index contributed by atoms with van der Waals surface area (Å²) in [7, 11) is -3.26. The largest absolute Gasteiger partial charge is 0.315 e. The van der Waals surface area contributed by atoms with Crippen LogP contribution < -0.4 is 10.0 Å². The Labute approximate surface area is 121 Å². The lowest BCUT2D eigenvalue weighted by molar-refractivity contribution is 0.327. The Balaban J connectivity index is 0.00000180. The molecule has 1 aliphatic rings. The fourth-order valence-corrected chi connectivity index (χ4v) is 3.70. The van der Waals surface area contributed by atoms with Crippen LogP contribution in [0.3, 0.4) is 0 Å². The first-order valence-electron chi connectivity index (χ1n) is 6.31. The van der Waals surface area contributed by atoms with Crippen molar-refractivity contribution in [3.63, 3.8) is 0 Å². The Kier molecular flexibility index (Phi) is 6.26. The third kappa shape index (κ3) is 5.10. The van der Waals surface area contributed by atoms with Crippen LogP contribution in [-0.2, 0) is 15.8 Å². The molecule has 2 atom stereocenters. The second kappa shape index (κ2) is 7.24. The maximum atomic E-state index is 12.1. The van der Waals surface area contributed by atoms with Gasteiger partial charge in [-0.3, -0.25) is 0 Å². The van der Waals surface area contributed by atoms with Crippen molar-refractivity contribution < 1.29 is 8.42 Å². The number of hydrogen-bond acceptors (Lipinski definition) is 3. The van der Waals surface area contributed by atoms with E-state index in [0.717, 1.165) is 25.1 Å². The van der Waals surface area contributed by atoms with E-state index in [9.17, 15) is 8.42 Å². The van der Waals surface area contributed by atoms with Crippen molar-refractivity contribution >= 4 is 22.4 Å². The second-order valence-electron chi connectivity index (χ2n) is 4.94. The van der Waals surface area contributed by atoms with Crippen LogP contribution in [0.4, 0.5) is 0 Å². The normalized spacial score (nSPS) is 23.6. The highest BCUT2D eigenvalue weighted by atomic mass is 35.5. The molecule has 1 aromatic rings. The Bertz CT molecular complexity index is 479. The molecule has 108 valence electrons. The third-order valence-electron chi connectivity index (χ3n) is 3.36. The summed E-state index contributed by atoms with van der Waals surface area (Å²) in [6.45, 7) is 3.78. The lowest BCUT2D eigenvalue weighted by Gasteiger charge is -2.29. The highest BCUT2D eigenvalue weighted by Crippen LogP contribution is 2.13. The number of nitrogens with one attached hydrogen (secondary N) is 2. The van der Waals surface area contributed by atoms with Gasteiger partial charge in [0.05, 0.1) is 5.75 Å². The summed E-state index contributed by atoms with van der Waals surface area (Å²) in [5.41, 5.74) is 0.821. The topological polar surface area (TPSA) is 58.2 Å². The predicted octanol–water partition coefficient (Wildman–Crippen LogP) is 1.53. The fourth-order valence-electron chi connectivity index (χ4n) is 2.21. The van der Waals surface area contributed by atoms with Crippen molar-refractivity contribution in [1.82, 2.24) is 10.0 Å². The van der Waals surface area contributed by atoms with E-state index >= 15 is 0 Å². The molecule has 0 saturated carbocycles. The molecule has 6 heteroatoms. The first-order chi connectivity index (χ1) is 8.57. The molecule has 2 rings (SSSR count). The van der Waals surface area contributed by atoms with E-state index in [-0.39, 0.29) is 24.2 Å². The van der Waals surface area contributed by atoms with Gasteiger partial charge in [-0.15, -0.1) is 12.4 Å². The van der Waals surface area contributed by atoms with E-state index in [1.54, 1.807) is 0 Å². The summed E-state index contributed by atoms with van der Waals surface area (Å²) in [5.74, 6) is 0.439. The number of rotatable bonds is 4. The van der Waals surface area contributed by atoms with Gasteiger partial charge in [0, 0.05) is 12.6 Å². The molecule has 1 aromatic carbocycles. The van der Waals surface area contributed by atoms with Crippen molar-refractivity contribution in [1.29, 1.82) is 0 Å². The predicted molar refractivity (Wildman–Crippen MR) is 79.9 cm³/mol. The van der Waals surface area contributed by atoms with Gasteiger partial charge in [-0.05, 0) is 24.4 Å². The first-order valence-corrected chi connectivity index (χ1v) is 7.97. The number of piperidine rings is 1. The molecule has 2 unspecified atom stereocenters. The Morgan fingerprint density at radius 3 is 2.63 bits per heavy atom. The smallest absolute Gasteiger partial charge is 0.216 e. The minimum absolute atomic E-state index is 0. The van der Waals surface area contributed by atoms with Gasteiger partial charge in [-0.1, -0.05) is 37.3 Å². The molecular weight excluding hydrogens is 284 g/mol. The average molecular weight is 305 g/mol. The average Bonchev–Trinajstić information content (AvgIpc) is 2.32. The van der Waals surface area contributed by atoms with Gasteiger partial charge in [0.15, 0.2) is 0 Å². The Morgan fingerprint density at radius 2 is 2.00 bits per heavy atom. The second-order valence-corrected chi connectivity index (χ2v) is 6.69. The molecule has 0 radical (unpaired) electrons. The molecule has 2 N–H and O–H groups in total. The van der Waals surface area contributed by atoms with Crippen LogP contribution >= 0.6 is 12.4 Å². The van der Waals surface area contributed by atoms with Crippen molar-refractivity contribution in [3.8, 4) is 0 Å². The van der Waals surface area contributed by atoms with Gasteiger partial charge >= 0.3 is 0 Å². The van der Waals surface area contributed by atoms with Gasteiger partial charge in [-0.25, -0.2) is 13.1 Å². The number of benzene rings is 1. The lowest BCUT2D eigenvalue weighted by Crippen LogP contribution is -2.50. The van der Waals surface area contributed by atoms with Crippen LogP contribution in [0.5, 0.6) is 0 Å². The van der Waals surface area contributed by atoms with E-state index in [4.69, 9.17) is 0 Å². The van der Waals surface area contributed by atoms with Crippen molar-refractivity contribution in [2.24, 2.45) is 5.92 Å². The van der Waals surface area contributed by atoms with Gasteiger partial charge in [-0.2, -0.15) is 0 Å². The van der Waals surface area contributed by atoms with E-state index < -0.39 is 10.0 Å². The lowest BCUT2D eigenvalue weighted by atomic mass is 9.96. The molecule has 1 aliphatic heterocycles. The maximum Gasteiger partial charge on any atom is 0.216 e. The van der Waals surface area contributed by atoms with Gasteiger partial charge in [0.25, 0.3) is 0 Å². The number of halogens is 1. The summed E-state index contributed by atoms with van der Waals surface area (Å²) in [5, 5.41) is 3.22. The SMILES string of the molecule is CC1CCNCC1NS(=O)(=O)Cc1ccccc1.Cl. The highest BCUT2D eigenvalue weighted by molar-refractivity contribution is 7.88. The molecule has 0 amide bonds. The van der Waals surface area contributed by atoms with Crippen molar-refractivity contribution in [2.75, 3.05) is 13.1 Å². The summed E-state index contributed by atoms with van der Waals surface area (Å²) < 4.78 is 27.0. The minimum atomic E-state index is -3.26. The maximum absolute atomic E-state index is 12.1. The third-order valence-corrected chi connectivity index (χ3v) is 4.73. The quantitative estimate of drug-likeness (QED) is 0.887. The van der Waals surface area contributed by atoms with Gasteiger partial charge in [0.2, 0.25) is 10.0 Å². The molecule has 0 spiro atoms. The molecule has 1 saturated heterocycles. The summed E-state index contributed by atoms with van der Waals surface area (Å²) in [6, 6.07) is 9.28. The molecule has 19 heavy (non-hydrogen) atoms. The Hall–Kier alpha value is -0.620. The molecule has 0 bridgehead atoms. The molecule has 1 fully saturated rings. The summed E-state index contributed by atoms with van der Waals surface area (Å²) in [4.78, 5) is 0. The standard InChI is InChI=1S/C13H20N2O2S.ClH/c1-11-7-8-14-9-13(11)15-18(16,17)10-12-5-3-2-4-6-12;/h2-6,11,13-15H,7-10H2,1H3;1H. The monoisotopic (exact) mass is 304 g/mol. The summed E-state index contributed by atoms with van der Waals surface area (Å²) >= 11 is 0. The van der Waals surface area contributed by atoms with Crippen LogP contribution in [0.15, 0.2) is 30.3 Å². The van der Waals surface area contributed by atoms with Gasteiger partial charge < -0.3 is 5.32 Å². The fraction of sp³-hybridized carbons (Fsp3) is 0.538. The van der Waals surface area contributed by atoms with Gasteiger partial charge in [0.1, 0.15) is 0 Å². The minimum Gasteiger partial charge on any atom is -0.315 e. The van der Waals surface area contributed by atoms with E-state index in [2.05, 4.69) is 17.0 Å².